The number of aromatic nitrogens is 2. The van der Waals surface area contributed by atoms with Crippen molar-refractivity contribution in [2.24, 2.45) is 0 Å². The third kappa shape index (κ3) is 5.26. The Morgan fingerprint density at radius 1 is 0.519 bits per heavy atom. The van der Waals surface area contributed by atoms with Gasteiger partial charge in [-0.05, 0) is 100.0 Å². The summed E-state index contributed by atoms with van der Waals surface area (Å²) in [5.74, 6) is 0.773. The van der Waals surface area contributed by atoms with Crippen LogP contribution in [-0.2, 0) is 0 Å². The van der Waals surface area contributed by atoms with Crippen molar-refractivity contribution in [2.75, 3.05) is 0 Å². The smallest absolute Gasteiger partial charge is 0.227 e. The lowest BCUT2D eigenvalue weighted by atomic mass is 9.85. The van der Waals surface area contributed by atoms with E-state index in [1.807, 2.05) is 0 Å². The standard InChI is InChI=1S/C49H34N2O/c1-3-13-33(14-4-1)36-17-11-19-38(29-36)40-31-44(39-20-12-18-37(30-39)34-15-5-2-6-16-34)48-47(32-40)52-49(50-48)35-25-27-41(28-26-35)51-45-23-9-7-21-42(45)43-22-8-10-24-46(43)51/h1-19,21-32,39H,20H2. The molecule has 0 radical (unpaired) electrons. The molecule has 0 bridgehead atoms. The molecule has 1 aliphatic rings. The Balaban J connectivity index is 1.09. The summed E-state index contributed by atoms with van der Waals surface area (Å²) in [6.07, 6.45) is 7.82. The molecule has 3 heteroatoms. The number of oxazole rings is 1. The van der Waals surface area contributed by atoms with Crippen molar-refractivity contribution in [3.63, 3.8) is 0 Å². The van der Waals surface area contributed by atoms with Crippen molar-refractivity contribution in [1.82, 2.24) is 9.55 Å². The highest BCUT2D eigenvalue weighted by Gasteiger charge is 2.22. The van der Waals surface area contributed by atoms with Gasteiger partial charge in [-0.2, -0.15) is 0 Å². The molecule has 0 N–H and O–H groups in total. The lowest BCUT2D eigenvalue weighted by Gasteiger charge is -2.19. The van der Waals surface area contributed by atoms with Gasteiger partial charge in [-0.15, -0.1) is 0 Å². The van der Waals surface area contributed by atoms with Gasteiger partial charge in [0.25, 0.3) is 0 Å². The molecule has 1 atom stereocenters. The van der Waals surface area contributed by atoms with Crippen LogP contribution in [-0.4, -0.2) is 9.55 Å². The fourth-order valence-corrected chi connectivity index (χ4v) is 7.81. The van der Waals surface area contributed by atoms with Crippen molar-refractivity contribution >= 4 is 38.5 Å². The van der Waals surface area contributed by atoms with Crippen molar-refractivity contribution in [1.29, 1.82) is 0 Å². The Kier molecular flexibility index (Phi) is 7.28. The van der Waals surface area contributed by atoms with E-state index in [1.54, 1.807) is 0 Å². The van der Waals surface area contributed by atoms with E-state index in [0.29, 0.717) is 5.89 Å². The Morgan fingerprint density at radius 3 is 1.85 bits per heavy atom. The van der Waals surface area contributed by atoms with Crippen LogP contribution >= 0.6 is 0 Å². The predicted octanol–water partition coefficient (Wildman–Crippen LogP) is 13.1. The van der Waals surface area contributed by atoms with Crippen molar-refractivity contribution in [3.05, 3.63) is 199 Å². The number of para-hydroxylation sites is 2. The van der Waals surface area contributed by atoms with Gasteiger partial charge in [-0.25, -0.2) is 4.98 Å². The number of nitrogens with zero attached hydrogens (tertiary/aromatic N) is 2. The quantitative estimate of drug-likeness (QED) is 0.177. The van der Waals surface area contributed by atoms with Crippen molar-refractivity contribution in [2.45, 2.75) is 12.3 Å². The summed E-state index contributed by atoms with van der Waals surface area (Å²) in [6.45, 7) is 0. The molecule has 10 rings (SSSR count). The normalized spacial score (nSPS) is 14.3. The van der Waals surface area contributed by atoms with E-state index >= 15 is 0 Å². The second-order valence-corrected chi connectivity index (χ2v) is 13.5. The van der Waals surface area contributed by atoms with E-state index in [1.165, 1.54) is 49.6 Å². The molecular formula is C49H34N2O. The summed E-state index contributed by atoms with van der Waals surface area (Å²) in [6, 6.07) is 60.3. The Bertz CT molecular complexity index is 2750. The zero-order valence-electron chi connectivity index (χ0n) is 28.5. The molecule has 9 aromatic rings. The zero-order chi connectivity index (χ0) is 34.4. The van der Waals surface area contributed by atoms with Gasteiger partial charge in [0.15, 0.2) is 5.58 Å². The summed E-state index contributed by atoms with van der Waals surface area (Å²) < 4.78 is 9.02. The minimum Gasteiger partial charge on any atom is -0.436 e. The minimum atomic E-state index is 0.149. The summed E-state index contributed by atoms with van der Waals surface area (Å²) in [4.78, 5) is 5.22. The number of benzene rings is 7. The second kappa shape index (κ2) is 12.6. The lowest BCUT2D eigenvalue weighted by molar-refractivity contribution is 0.620. The number of rotatable bonds is 6. The number of allylic oxidation sites excluding steroid dienone is 4. The fraction of sp³-hybridized carbons (Fsp3) is 0.0408. The van der Waals surface area contributed by atoms with E-state index < -0.39 is 0 Å². The van der Waals surface area contributed by atoms with Gasteiger partial charge in [0.05, 0.1) is 11.0 Å². The first kappa shape index (κ1) is 30.1. The average molecular weight is 667 g/mol. The largest absolute Gasteiger partial charge is 0.436 e. The lowest BCUT2D eigenvalue weighted by Crippen LogP contribution is -2.01. The molecule has 0 aliphatic heterocycles. The number of hydrogen-bond acceptors (Lipinski definition) is 2. The minimum absolute atomic E-state index is 0.149. The first-order valence-corrected chi connectivity index (χ1v) is 17.9. The maximum Gasteiger partial charge on any atom is 0.227 e. The summed E-state index contributed by atoms with van der Waals surface area (Å²) in [5.41, 5.74) is 14.4. The van der Waals surface area contributed by atoms with Gasteiger partial charge in [-0.3, -0.25) is 0 Å². The molecule has 0 saturated carbocycles. The van der Waals surface area contributed by atoms with Crippen LogP contribution in [0.1, 0.15) is 23.5 Å². The van der Waals surface area contributed by atoms with Gasteiger partial charge >= 0.3 is 0 Å². The molecular weight excluding hydrogens is 633 g/mol. The highest BCUT2D eigenvalue weighted by molar-refractivity contribution is 6.09. The molecule has 52 heavy (non-hydrogen) atoms. The molecule has 0 fully saturated rings. The van der Waals surface area contributed by atoms with Crippen molar-refractivity contribution < 1.29 is 4.42 Å². The SMILES string of the molecule is C1=CC(c2ccccc2)=CC(c2cc(-c3cccc(-c4ccccc4)c3)cc3oc(-c4ccc(-n5c6ccccc6c6ccccc65)cc4)nc23)C1. The zero-order valence-corrected chi connectivity index (χ0v) is 28.5. The molecule has 2 heterocycles. The predicted molar refractivity (Wildman–Crippen MR) is 216 cm³/mol. The van der Waals surface area contributed by atoms with Gasteiger partial charge in [0.1, 0.15) is 5.52 Å². The van der Waals surface area contributed by atoms with Crippen LogP contribution in [0.25, 0.3) is 77.9 Å². The highest BCUT2D eigenvalue weighted by Crippen LogP contribution is 2.40. The molecule has 0 spiro atoms. The number of fused-ring (bicyclic) bond motifs is 4. The van der Waals surface area contributed by atoms with Crippen LogP contribution in [0.2, 0.25) is 0 Å². The first-order chi connectivity index (χ1) is 25.8. The maximum absolute atomic E-state index is 6.69. The molecule has 2 aromatic heterocycles. The Hall–Kier alpha value is -6.71. The number of hydrogen-bond donors (Lipinski definition) is 0. The molecule has 0 saturated heterocycles. The highest BCUT2D eigenvalue weighted by atomic mass is 16.3. The van der Waals surface area contributed by atoms with Crippen LogP contribution in [0.4, 0.5) is 0 Å². The third-order valence-electron chi connectivity index (χ3n) is 10.4. The van der Waals surface area contributed by atoms with Gasteiger partial charge in [0, 0.05) is 27.9 Å². The average Bonchev–Trinajstić information content (AvgIpc) is 3.81. The summed E-state index contributed by atoms with van der Waals surface area (Å²) >= 11 is 0. The van der Waals surface area contributed by atoms with Crippen LogP contribution in [0.15, 0.2) is 193 Å². The monoisotopic (exact) mass is 666 g/mol. The van der Waals surface area contributed by atoms with Crippen LogP contribution in [0, 0.1) is 0 Å². The third-order valence-corrected chi connectivity index (χ3v) is 10.4. The molecule has 1 unspecified atom stereocenters. The van der Waals surface area contributed by atoms with Crippen LogP contribution < -0.4 is 0 Å². The molecule has 246 valence electrons. The van der Waals surface area contributed by atoms with Crippen molar-refractivity contribution in [3.8, 4) is 39.4 Å². The van der Waals surface area contributed by atoms with E-state index in [0.717, 1.165) is 39.9 Å². The van der Waals surface area contributed by atoms with E-state index in [9.17, 15) is 0 Å². The van der Waals surface area contributed by atoms with E-state index in [-0.39, 0.29) is 5.92 Å². The maximum atomic E-state index is 6.69. The first-order valence-electron chi connectivity index (χ1n) is 17.9. The fourth-order valence-electron chi connectivity index (χ4n) is 7.81. The molecule has 3 nitrogen and oxygen atoms in total. The van der Waals surface area contributed by atoms with E-state index in [2.05, 4.69) is 193 Å². The summed E-state index contributed by atoms with van der Waals surface area (Å²) in [7, 11) is 0. The Labute approximate surface area is 302 Å². The van der Waals surface area contributed by atoms with Crippen LogP contribution in [0.5, 0.6) is 0 Å². The van der Waals surface area contributed by atoms with Crippen LogP contribution in [0.3, 0.4) is 0 Å². The second-order valence-electron chi connectivity index (χ2n) is 13.5. The Morgan fingerprint density at radius 2 is 1.13 bits per heavy atom. The van der Waals surface area contributed by atoms with Gasteiger partial charge in [-0.1, -0.05) is 133 Å². The molecule has 7 aromatic carbocycles. The van der Waals surface area contributed by atoms with E-state index in [4.69, 9.17) is 9.40 Å². The molecule has 0 amide bonds. The van der Waals surface area contributed by atoms with Gasteiger partial charge < -0.3 is 8.98 Å². The van der Waals surface area contributed by atoms with Gasteiger partial charge in [0.2, 0.25) is 5.89 Å². The molecule has 1 aliphatic carbocycles. The topological polar surface area (TPSA) is 31.0 Å². The summed E-state index contributed by atoms with van der Waals surface area (Å²) in [5, 5.41) is 2.50.